The highest BCUT2D eigenvalue weighted by Gasteiger charge is 2.18. The van der Waals surface area contributed by atoms with Gasteiger partial charge in [-0.3, -0.25) is 9.59 Å². The smallest absolute Gasteiger partial charge is 0.308 e. The summed E-state index contributed by atoms with van der Waals surface area (Å²) >= 11 is 0. The van der Waals surface area contributed by atoms with Crippen molar-refractivity contribution in [3.8, 4) is 0 Å². The van der Waals surface area contributed by atoms with Crippen LogP contribution in [0.4, 0.5) is 0 Å². The van der Waals surface area contributed by atoms with Crippen molar-refractivity contribution in [3.05, 3.63) is 0 Å². The quantitative estimate of drug-likeness (QED) is 0.604. The van der Waals surface area contributed by atoms with Crippen molar-refractivity contribution >= 4 is 11.9 Å². The molecule has 0 aromatic heterocycles. The lowest BCUT2D eigenvalue weighted by Gasteiger charge is -2.18. The van der Waals surface area contributed by atoms with Gasteiger partial charge in [0.1, 0.15) is 6.10 Å². The van der Waals surface area contributed by atoms with E-state index in [2.05, 4.69) is 0 Å². The molecule has 0 radical (unpaired) electrons. The molecule has 0 unspecified atom stereocenters. The minimum absolute atomic E-state index is 0.0669. The summed E-state index contributed by atoms with van der Waals surface area (Å²) in [6.45, 7) is 9.90. The van der Waals surface area contributed by atoms with Gasteiger partial charge in [-0.15, -0.1) is 0 Å². The number of rotatable bonds is 9. The van der Waals surface area contributed by atoms with Gasteiger partial charge in [0.25, 0.3) is 0 Å². The third-order valence-electron chi connectivity index (χ3n) is 3.45. The number of esters is 2. The fourth-order valence-corrected chi connectivity index (χ4v) is 1.39. The van der Waals surface area contributed by atoms with E-state index in [1.807, 2.05) is 34.6 Å². The molecule has 4 heteroatoms. The second kappa shape index (κ2) is 9.82. The monoisotopic (exact) mass is 272 g/mol. The molecular formula is C15H28O4. The fraction of sp³-hybridized carbons (Fsp3) is 0.867. The molecule has 0 amide bonds. The number of carbonyl (C=O) groups is 2. The van der Waals surface area contributed by atoms with Crippen LogP contribution in [0.3, 0.4) is 0 Å². The Kier molecular flexibility index (Phi) is 9.27. The van der Waals surface area contributed by atoms with Crippen LogP contribution < -0.4 is 0 Å². The first-order valence-electron chi connectivity index (χ1n) is 7.33. The molecule has 0 aliphatic heterocycles. The lowest BCUT2D eigenvalue weighted by Crippen LogP contribution is -2.24. The Balaban J connectivity index is 4.01. The molecule has 0 N–H and O–H groups in total. The van der Waals surface area contributed by atoms with Crippen molar-refractivity contribution in [2.75, 3.05) is 6.61 Å². The van der Waals surface area contributed by atoms with E-state index < -0.39 is 0 Å². The zero-order valence-electron chi connectivity index (χ0n) is 12.9. The van der Waals surface area contributed by atoms with E-state index in [1.165, 1.54) is 0 Å². The molecule has 0 fully saturated rings. The lowest BCUT2D eigenvalue weighted by molar-refractivity contribution is -0.156. The van der Waals surface area contributed by atoms with E-state index in [0.717, 1.165) is 19.3 Å². The maximum Gasteiger partial charge on any atom is 0.308 e. The molecule has 0 aliphatic rings. The average molecular weight is 272 g/mol. The highest BCUT2D eigenvalue weighted by atomic mass is 16.6. The number of hydrogen-bond acceptors (Lipinski definition) is 4. The zero-order chi connectivity index (χ0) is 14.8. The van der Waals surface area contributed by atoms with Crippen LogP contribution in [0.25, 0.3) is 0 Å². The van der Waals surface area contributed by atoms with Crippen LogP contribution in [0.2, 0.25) is 0 Å². The van der Waals surface area contributed by atoms with Gasteiger partial charge in [-0.05, 0) is 19.3 Å². The van der Waals surface area contributed by atoms with Crippen molar-refractivity contribution in [2.45, 2.75) is 66.4 Å². The van der Waals surface area contributed by atoms with Gasteiger partial charge >= 0.3 is 11.9 Å². The van der Waals surface area contributed by atoms with Gasteiger partial charge in [-0.25, -0.2) is 0 Å². The molecule has 19 heavy (non-hydrogen) atoms. The summed E-state index contributed by atoms with van der Waals surface area (Å²) < 4.78 is 10.6. The Labute approximate surface area is 116 Å². The first-order chi connectivity index (χ1) is 8.96. The first kappa shape index (κ1) is 17.9. The van der Waals surface area contributed by atoms with E-state index >= 15 is 0 Å². The molecule has 0 aromatic carbocycles. The maximum absolute atomic E-state index is 11.7. The summed E-state index contributed by atoms with van der Waals surface area (Å²) in [7, 11) is 0. The fourth-order valence-electron chi connectivity index (χ4n) is 1.39. The number of carbonyl (C=O) groups excluding carboxylic acids is 2. The topological polar surface area (TPSA) is 52.6 Å². The Morgan fingerprint density at radius 2 is 1.42 bits per heavy atom. The van der Waals surface area contributed by atoms with Crippen LogP contribution in [0, 0.1) is 11.8 Å². The summed E-state index contributed by atoms with van der Waals surface area (Å²) in [6.07, 6.45) is 2.70. The van der Waals surface area contributed by atoms with Gasteiger partial charge in [0.15, 0.2) is 0 Å². The second-order valence-electron chi connectivity index (χ2n) is 5.04. The highest BCUT2D eigenvalue weighted by Crippen LogP contribution is 2.11. The average Bonchev–Trinajstić information content (AvgIpc) is 2.43. The second-order valence-corrected chi connectivity index (χ2v) is 5.04. The van der Waals surface area contributed by atoms with Gasteiger partial charge < -0.3 is 9.47 Å². The Morgan fingerprint density at radius 1 is 0.895 bits per heavy atom. The van der Waals surface area contributed by atoms with Crippen LogP contribution in [0.1, 0.15) is 60.3 Å². The first-order valence-corrected chi connectivity index (χ1v) is 7.33. The van der Waals surface area contributed by atoms with Gasteiger partial charge in [0.2, 0.25) is 0 Å². The summed E-state index contributed by atoms with van der Waals surface area (Å²) in [4.78, 5) is 23.2. The zero-order valence-corrected chi connectivity index (χ0v) is 12.9. The molecule has 0 heterocycles. The third-order valence-corrected chi connectivity index (χ3v) is 3.45. The van der Waals surface area contributed by atoms with Gasteiger partial charge in [-0.1, -0.05) is 34.6 Å². The van der Waals surface area contributed by atoms with Crippen molar-refractivity contribution < 1.29 is 19.1 Å². The third kappa shape index (κ3) is 7.19. The number of ether oxygens (including phenoxy) is 2. The predicted octanol–water partition coefficient (Wildman–Crippen LogP) is 3.33. The normalized spacial score (nSPS) is 15.4. The van der Waals surface area contributed by atoms with Crippen molar-refractivity contribution in [3.63, 3.8) is 0 Å². The molecule has 0 spiro atoms. The van der Waals surface area contributed by atoms with E-state index in [4.69, 9.17) is 9.47 Å². The predicted molar refractivity (Wildman–Crippen MR) is 74.7 cm³/mol. The van der Waals surface area contributed by atoms with Crippen LogP contribution in [0.5, 0.6) is 0 Å². The molecule has 112 valence electrons. The minimum Gasteiger partial charge on any atom is -0.465 e. The maximum atomic E-state index is 11.7. The molecule has 0 bridgehead atoms. The van der Waals surface area contributed by atoms with Crippen LogP contribution in [0.15, 0.2) is 0 Å². The van der Waals surface area contributed by atoms with Crippen LogP contribution in [-0.2, 0) is 19.1 Å². The molecule has 0 saturated carbocycles. The van der Waals surface area contributed by atoms with Crippen LogP contribution >= 0.6 is 0 Å². The Hall–Kier alpha value is -1.06. The van der Waals surface area contributed by atoms with Crippen molar-refractivity contribution in [2.24, 2.45) is 11.8 Å². The van der Waals surface area contributed by atoms with Crippen molar-refractivity contribution in [1.29, 1.82) is 0 Å². The lowest BCUT2D eigenvalue weighted by atomic mass is 10.1. The molecule has 0 rings (SSSR count). The molecule has 3 atom stereocenters. The molecule has 0 saturated heterocycles. The van der Waals surface area contributed by atoms with Gasteiger partial charge in [0, 0.05) is 6.42 Å². The standard InChI is InChI=1S/C15H28O4/c1-6-11(4)14(16)18-10-9-13(8-3)19-15(17)12(5)7-2/h11-13H,6-10H2,1-5H3/t11-,12-,13+/m0/s1. The highest BCUT2D eigenvalue weighted by molar-refractivity contribution is 5.72. The SMILES string of the molecule is CC[C@H](CCOC(=O)[C@@H](C)CC)OC(=O)[C@@H](C)CC. The van der Waals surface area contributed by atoms with E-state index in [-0.39, 0.29) is 29.9 Å². The minimum atomic E-state index is -0.175. The largest absolute Gasteiger partial charge is 0.465 e. The Morgan fingerprint density at radius 3 is 1.89 bits per heavy atom. The molecule has 0 aliphatic carbocycles. The molecule has 0 aromatic rings. The Bertz CT molecular complexity index is 275. The van der Waals surface area contributed by atoms with E-state index in [0.29, 0.717) is 13.0 Å². The van der Waals surface area contributed by atoms with Crippen molar-refractivity contribution in [1.82, 2.24) is 0 Å². The number of hydrogen-bond donors (Lipinski definition) is 0. The summed E-state index contributed by atoms with van der Waals surface area (Å²) in [6, 6.07) is 0. The summed E-state index contributed by atoms with van der Waals surface area (Å²) in [5, 5.41) is 0. The van der Waals surface area contributed by atoms with E-state index in [1.54, 1.807) is 0 Å². The summed E-state index contributed by atoms with van der Waals surface area (Å²) in [5.41, 5.74) is 0. The van der Waals surface area contributed by atoms with Crippen LogP contribution in [-0.4, -0.2) is 24.6 Å². The molecule has 4 nitrogen and oxygen atoms in total. The van der Waals surface area contributed by atoms with E-state index in [9.17, 15) is 9.59 Å². The van der Waals surface area contributed by atoms with Gasteiger partial charge in [0.05, 0.1) is 18.4 Å². The van der Waals surface area contributed by atoms with Gasteiger partial charge in [-0.2, -0.15) is 0 Å². The molecular weight excluding hydrogens is 244 g/mol. The summed E-state index contributed by atoms with van der Waals surface area (Å²) in [5.74, 6) is -0.479.